The van der Waals surface area contributed by atoms with Crippen LogP contribution in [0, 0.1) is 0 Å². The van der Waals surface area contributed by atoms with Gasteiger partial charge in [-0.15, -0.1) is 0 Å². The van der Waals surface area contributed by atoms with E-state index < -0.39 is 18.5 Å². The Morgan fingerprint density at radius 1 is 0.943 bits per heavy atom. The smallest absolute Gasteiger partial charge is 0.338 e. The molecule has 0 atom stereocenters. The Hall–Kier alpha value is -3.88. The SMILES string of the molecule is CCCCN1C(=O)c2ccc(C(=O)OCC(=O)N3CCc4cc(OC)c(OC)cc4C3)cc2C1=O. The predicted octanol–water partition coefficient (Wildman–Crippen LogP) is 2.84. The summed E-state index contributed by atoms with van der Waals surface area (Å²) >= 11 is 0. The minimum atomic E-state index is -0.725. The second kappa shape index (κ2) is 10.2. The Labute approximate surface area is 203 Å². The molecule has 2 aliphatic heterocycles. The summed E-state index contributed by atoms with van der Waals surface area (Å²) in [6.07, 6.45) is 2.21. The molecule has 4 rings (SSSR count). The summed E-state index contributed by atoms with van der Waals surface area (Å²) in [6, 6.07) is 8.04. The van der Waals surface area contributed by atoms with E-state index in [4.69, 9.17) is 14.2 Å². The number of ether oxygens (including phenoxy) is 3. The van der Waals surface area contributed by atoms with Crippen LogP contribution in [0.5, 0.6) is 11.5 Å². The predicted molar refractivity (Wildman–Crippen MR) is 126 cm³/mol. The number of unbranched alkanes of at least 4 members (excludes halogenated alkanes) is 1. The molecule has 184 valence electrons. The zero-order chi connectivity index (χ0) is 25.1. The summed E-state index contributed by atoms with van der Waals surface area (Å²) < 4.78 is 15.9. The lowest BCUT2D eigenvalue weighted by atomic mass is 9.99. The van der Waals surface area contributed by atoms with Crippen LogP contribution in [-0.4, -0.2) is 67.4 Å². The van der Waals surface area contributed by atoms with E-state index in [-0.39, 0.29) is 28.5 Å². The maximum Gasteiger partial charge on any atom is 0.338 e. The van der Waals surface area contributed by atoms with Gasteiger partial charge in [0.05, 0.1) is 30.9 Å². The summed E-state index contributed by atoms with van der Waals surface area (Å²) in [5, 5.41) is 0. The number of methoxy groups -OCH3 is 2. The van der Waals surface area contributed by atoms with Crippen molar-refractivity contribution in [1.29, 1.82) is 0 Å². The van der Waals surface area contributed by atoms with Gasteiger partial charge in [0, 0.05) is 19.6 Å². The average molecular weight is 481 g/mol. The molecular formula is C26H28N2O7. The Bertz CT molecular complexity index is 1190. The molecule has 2 aliphatic rings. The van der Waals surface area contributed by atoms with Crippen molar-refractivity contribution in [2.45, 2.75) is 32.7 Å². The van der Waals surface area contributed by atoms with Crippen molar-refractivity contribution in [2.75, 3.05) is 33.9 Å². The van der Waals surface area contributed by atoms with Crippen LogP contribution in [0.4, 0.5) is 0 Å². The molecule has 2 aromatic rings. The third kappa shape index (κ3) is 4.71. The molecule has 0 unspecified atom stereocenters. The van der Waals surface area contributed by atoms with Crippen LogP contribution in [0.2, 0.25) is 0 Å². The van der Waals surface area contributed by atoms with Crippen molar-refractivity contribution in [3.63, 3.8) is 0 Å². The molecule has 0 fully saturated rings. The number of nitrogens with zero attached hydrogens (tertiary/aromatic N) is 2. The number of esters is 1. The topological polar surface area (TPSA) is 102 Å². The standard InChI is InChI=1S/C26H28N2O7/c1-4-5-9-28-24(30)19-7-6-17(11-20(19)25(28)31)26(32)35-15-23(29)27-10-8-16-12-21(33-2)22(34-3)13-18(16)14-27/h6-7,11-13H,4-5,8-10,14-15H2,1-3H3. The van der Waals surface area contributed by atoms with Crippen LogP contribution in [-0.2, 0) is 22.5 Å². The van der Waals surface area contributed by atoms with Gasteiger partial charge >= 0.3 is 5.97 Å². The van der Waals surface area contributed by atoms with E-state index in [1.165, 1.54) is 23.1 Å². The molecule has 2 aromatic carbocycles. The van der Waals surface area contributed by atoms with Crippen molar-refractivity contribution in [2.24, 2.45) is 0 Å². The number of rotatable bonds is 8. The minimum absolute atomic E-state index is 0.121. The molecule has 0 spiro atoms. The molecule has 9 nitrogen and oxygen atoms in total. The molecule has 2 heterocycles. The maximum atomic E-state index is 12.7. The molecule has 0 aromatic heterocycles. The molecule has 3 amide bonds. The third-order valence-electron chi connectivity index (χ3n) is 6.34. The third-order valence-corrected chi connectivity index (χ3v) is 6.34. The van der Waals surface area contributed by atoms with Crippen LogP contribution in [0.3, 0.4) is 0 Å². The number of hydrogen-bond donors (Lipinski definition) is 0. The Kier molecular flexibility index (Phi) is 7.04. The summed E-state index contributed by atoms with van der Waals surface area (Å²) in [5.41, 5.74) is 2.61. The van der Waals surface area contributed by atoms with Crippen molar-refractivity contribution in [1.82, 2.24) is 9.80 Å². The molecule has 0 saturated carbocycles. The normalized spacial score (nSPS) is 14.5. The number of hydrogen-bond acceptors (Lipinski definition) is 7. The van der Waals surface area contributed by atoms with Crippen LogP contribution in [0.1, 0.15) is 62.0 Å². The first-order valence-electron chi connectivity index (χ1n) is 11.6. The van der Waals surface area contributed by atoms with Gasteiger partial charge in [0.2, 0.25) is 0 Å². The molecule has 35 heavy (non-hydrogen) atoms. The number of benzene rings is 2. The molecule has 0 N–H and O–H groups in total. The molecule has 0 radical (unpaired) electrons. The first kappa shape index (κ1) is 24.3. The number of amides is 3. The molecule has 0 bridgehead atoms. The van der Waals surface area contributed by atoms with Crippen LogP contribution in [0.15, 0.2) is 30.3 Å². The van der Waals surface area contributed by atoms with Crippen LogP contribution >= 0.6 is 0 Å². The zero-order valence-electron chi connectivity index (χ0n) is 20.1. The van der Waals surface area contributed by atoms with E-state index in [9.17, 15) is 19.2 Å². The first-order valence-corrected chi connectivity index (χ1v) is 11.6. The highest BCUT2D eigenvalue weighted by Gasteiger charge is 2.35. The van der Waals surface area contributed by atoms with Crippen LogP contribution in [0.25, 0.3) is 0 Å². The van der Waals surface area contributed by atoms with Crippen molar-refractivity contribution >= 4 is 23.7 Å². The summed E-state index contributed by atoms with van der Waals surface area (Å²) in [7, 11) is 3.13. The lowest BCUT2D eigenvalue weighted by molar-refractivity contribution is -0.135. The van der Waals surface area contributed by atoms with Gasteiger partial charge in [-0.05, 0) is 54.3 Å². The maximum absolute atomic E-state index is 12.7. The van der Waals surface area contributed by atoms with E-state index in [0.29, 0.717) is 44.0 Å². The van der Waals surface area contributed by atoms with E-state index in [0.717, 1.165) is 17.5 Å². The fourth-order valence-corrected chi connectivity index (χ4v) is 4.33. The summed E-state index contributed by atoms with van der Waals surface area (Å²) in [6.45, 7) is 2.75. The monoisotopic (exact) mass is 480 g/mol. The average Bonchev–Trinajstić information content (AvgIpc) is 3.12. The van der Waals surface area contributed by atoms with Gasteiger partial charge in [0.25, 0.3) is 17.7 Å². The Morgan fingerprint density at radius 3 is 2.31 bits per heavy atom. The summed E-state index contributed by atoms with van der Waals surface area (Å²) in [4.78, 5) is 53.2. The van der Waals surface area contributed by atoms with Gasteiger partial charge in [-0.3, -0.25) is 19.3 Å². The van der Waals surface area contributed by atoms with Gasteiger partial charge in [0.1, 0.15) is 0 Å². The van der Waals surface area contributed by atoms with Crippen LogP contribution < -0.4 is 9.47 Å². The highest BCUT2D eigenvalue weighted by Crippen LogP contribution is 2.33. The van der Waals surface area contributed by atoms with Gasteiger partial charge in [-0.25, -0.2) is 4.79 Å². The van der Waals surface area contributed by atoms with Crippen molar-refractivity contribution < 1.29 is 33.4 Å². The fraction of sp³-hybridized carbons (Fsp3) is 0.385. The molecule has 0 aliphatic carbocycles. The van der Waals surface area contributed by atoms with E-state index in [2.05, 4.69) is 0 Å². The minimum Gasteiger partial charge on any atom is -0.493 e. The van der Waals surface area contributed by atoms with E-state index >= 15 is 0 Å². The number of fused-ring (bicyclic) bond motifs is 2. The van der Waals surface area contributed by atoms with Gasteiger partial charge in [-0.2, -0.15) is 0 Å². The summed E-state index contributed by atoms with van der Waals surface area (Å²) in [5.74, 6) is -0.585. The van der Waals surface area contributed by atoms with E-state index in [1.54, 1.807) is 19.1 Å². The second-order valence-corrected chi connectivity index (χ2v) is 8.49. The van der Waals surface area contributed by atoms with E-state index in [1.807, 2.05) is 19.1 Å². The molecule has 0 saturated heterocycles. The highest BCUT2D eigenvalue weighted by molar-refractivity contribution is 6.22. The number of imide groups is 1. The lowest BCUT2D eigenvalue weighted by Gasteiger charge is -2.29. The van der Waals surface area contributed by atoms with Gasteiger partial charge < -0.3 is 19.1 Å². The largest absolute Gasteiger partial charge is 0.493 e. The quantitative estimate of drug-likeness (QED) is 0.423. The molecule has 9 heteroatoms. The fourth-order valence-electron chi connectivity index (χ4n) is 4.33. The number of carbonyl (C=O) groups excluding carboxylic acids is 4. The Morgan fingerprint density at radius 2 is 1.63 bits per heavy atom. The molecular weight excluding hydrogens is 452 g/mol. The Balaban J connectivity index is 1.38. The van der Waals surface area contributed by atoms with Gasteiger partial charge in [-0.1, -0.05) is 13.3 Å². The van der Waals surface area contributed by atoms with Crippen molar-refractivity contribution in [3.05, 3.63) is 58.1 Å². The zero-order valence-corrected chi connectivity index (χ0v) is 20.1. The van der Waals surface area contributed by atoms with Gasteiger partial charge in [0.15, 0.2) is 18.1 Å². The second-order valence-electron chi connectivity index (χ2n) is 8.49. The lowest BCUT2D eigenvalue weighted by Crippen LogP contribution is -2.38. The number of carbonyl (C=O) groups is 4. The van der Waals surface area contributed by atoms with Crippen molar-refractivity contribution in [3.8, 4) is 11.5 Å². The highest BCUT2D eigenvalue weighted by atomic mass is 16.5. The first-order chi connectivity index (χ1) is 16.9.